The molecule has 1 aromatic rings. The zero-order chi connectivity index (χ0) is 21.5. The lowest BCUT2D eigenvalue weighted by Gasteiger charge is -2.45. The number of hydrogen-bond acceptors (Lipinski definition) is 5. The third kappa shape index (κ3) is 3.14. The second-order valence-electron chi connectivity index (χ2n) is 7.80. The fraction of sp³-hybridized carbons (Fsp3) is 0.304. The molecule has 3 rings (SSSR count). The number of benzene rings is 1. The van der Waals surface area contributed by atoms with Crippen molar-refractivity contribution in [2.75, 3.05) is 26.0 Å². The minimum absolute atomic E-state index is 0.114. The van der Waals surface area contributed by atoms with Crippen LogP contribution < -0.4 is 10.0 Å². The van der Waals surface area contributed by atoms with Gasteiger partial charge in [-0.25, -0.2) is 0 Å². The van der Waals surface area contributed by atoms with Gasteiger partial charge in [-0.05, 0) is 23.9 Å². The van der Waals surface area contributed by atoms with Crippen molar-refractivity contribution in [2.24, 2.45) is 0 Å². The van der Waals surface area contributed by atoms with E-state index in [1.165, 1.54) is 15.9 Å². The van der Waals surface area contributed by atoms with Gasteiger partial charge in [-0.15, -0.1) is 0 Å². The molecule has 150 valence electrons. The summed E-state index contributed by atoms with van der Waals surface area (Å²) in [5.41, 5.74) is 3.36. The van der Waals surface area contributed by atoms with Gasteiger partial charge < -0.3 is 14.9 Å². The molecule has 6 heteroatoms. The largest absolute Gasteiger partial charge is 0.833 e. The highest BCUT2D eigenvalue weighted by Gasteiger charge is 2.40. The monoisotopic (exact) mass is 389 g/mol. The van der Waals surface area contributed by atoms with Crippen molar-refractivity contribution in [1.82, 2.24) is 9.80 Å². The highest BCUT2D eigenvalue weighted by molar-refractivity contribution is 5.96. The van der Waals surface area contributed by atoms with E-state index in [2.05, 4.69) is 32.6 Å². The predicted molar refractivity (Wildman–Crippen MR) is 111 cm³/mol. The lowest BCUT2D eigenvalue weighted by molar-refractivity contribution is -0.440. The minimum atomic E-state index is -1.33. The Morgan fingerprint density at radius 1 is 1.24 bits per heavy atom. The van der Waals surface area contributed by atoms with Gasteiger partial charge in [0.25, 0.3) is 5.91 Å². The number of carbonyl (C=O) groups excluding carboxylic acids is 1. The molecule has 2 aliphatic heterocycles. The predicted octanol–water partition coefficient (Wildman–Crippen LogP) is 2.24. The molecule has 6 nitrogen and oxygen atoms in total. The molecule has 2 heterocycles. The van der Waals surface area contributed by atoms with Crippen molar-refractivity contribution in [2.45, 2.75) is 25.5 Å². The molecule has 29 heavy (non-hydrogen) atoms. The van der Waals surface area contributed by atoms with Crippen LogP contribution in [0.5, 0.6) is 0 Å². The van der Waals surface area contributed by atoms with E-state index in [1.807, 2.05) is 30.1 Å². The second-order valence-corrected chi connectivity index (χ2v) is 7.80. The first kappa shape index (κ1) is 20.4. The Morgan fingerprint density at radius 2 is 1.90 bits per heavy atom. The number of likely N-dealkylation sites (N-methyl/N-ethyl adjacent to an activating group) is 3. The van der Waals surface area contributed by atoms with E-state index in [-0.39, 0.29) is 16.9 Å². The Kier molecular flexibility index (Phi) is 5.12. The molecule has 1 aromatic carbocycles. The van der Waals surface area contributed by atoms with Crippen molar-refractivity contribution in [1.29, 1.82) is 5.26 Å². The van der Waals surface area contributed by atoms with E-state index < -0.39 is 6.23 Å². The number of carbonyl (C=O) groups is 1. The molecular formula is C23H25N4O2-. The summed E-state index contributed by atoms with van der Waals surface area (Å²) in [6.07, 6.45) is 3.43. The molecule has 1 atom stereocenters. The van der Waals surface area contributed by atoms with E-state index in [9.17, 15) is 15.2 Å². The molecule has 0 bridgehead atoms. The van der Waals surface area contributed by atoms with E-state index >= 15 is 0 Å². The summed E-state index contributed by atoms with van der Waals surface area (Å²) in [5.74, 6) is -0.0160. The molecule has 0 saturated carbocycles. The summed E-state index contributed by atoms with van der Waals surface area (Å²) in [6.45, 7) is 7.93. The van der Waals surface area contributed by atoms with Gasteiger partial charge in [0.1, 0.15) is 11.9 Å². The number of anilines is 1. The number of para-hydroxylation sites is 1. The number of hydrogen-bond donors (Lipinski definition) is 0. The van der Waals surface area contributed by atoms with Gasteiger partial charge in [-0.2, -0.15) is 5.26 Å². The molecule has 1 unspecified atom stereocenters. The smallest absolute Gasteiger partial charge is 0.255 e. The van der Waals surface area contributed by atoms with Crippen LogP contribution in [0.15, 0.2) is 71.7 Å². The van der Waals surface area contributed by atoms with Gasteiger partial charge in [0, 0.05) is 43.5 Å². The summed E-state index contributed by atoms with van der Waals surface area (Å²) in [4.78, 5) is 17.2. The molecule has 0 radical (unpaired) electrons. The summed E-state index contributed by atoms with van der Waals surface area (Å²) in [7, 11) is 5.14. The topological polar surface area (TPSA) is 73.6 Å². The average Bonchev–Trinajstić information content (AvgIpc) is 2.91. The molecule has 1 saturated heterocycles. The van der Waals surface area contributed by atoms with Crippen LogP contribution in [-0.2, 0) is 10.2 Å². The number of nitrogens with zero attached hydrogens (tertiary/aromatic N) is 4. The molecule has 0 spiro atoms. The first-order valence-electron chi connectivity index (χ1n) is 9.34. The van der Waals surface area contributed by atoms with Crippen LogP contribution in [0.1, 0.15) is 19.4 Å². The number of amides is 1. The van der Waals surface area contributed by atoms with Crippen LogP contribution >= 0.6 is 0 Å². The van der Waals surface area contributed by atoms with Crippen molar-refractivity contribution < 1.29 is 9.90 Å². The van der Waals surface area contributed by atoms with Gasteiger partial charge in [0.2, 0.25) is 0 Å². The number of nitriles is 1. The Morgan fingerprint density at radius 3 is 2.52 bits per heavy atom. The quantitative estimate of drug-likeness (QED) is 0.573. The lowest BCUT2D eigenvalue weighted by Crippen LogP contribution is -2.55. The lowest BCUT2D eigenvalue weighted by atomic mass is 9.82. The Balaban J connectivity index is 2.00. The summed E-state index contributed by atoms with van der Waals surface area (Å²) < 4.78 is 0. The van der Waals surface area contributed by atoms with Crippen molar-refractivity contribution in [3.8, 4) is 6.07 Å². The van der Waals surface area contributed by atoms with Gasteiger partial charge in [0.15, 0.2) is 0 Å². The maximum absolute atomic E-state index is 12.5. The van der Waals surface area contributed by atoms with Gasteiger partial charge in [-0.3, -0.25) is 9.69 Å². The normalized spacial score (nSPS) is 24.4. The zero-order valence-electron chi connectivity index (χ0n) is 17.4. The molecule has 1 fully saturated rings. The number of rotatable bonds is 2. The Labute approximate surface area is 171 Å². The van der Waals surface area contributed by atoms with Gasteiger partial charge >= 0.3 is 0 Å². The fourth-order valence-corrected chi connectivity index (χ4v) is 4.05. The number of fused-ring (bicyclic) bond motifs is 1. The highest BCUT2D eigenvalue weighted by Crippen LogP contribution is 2.47. The van der Waals surface area contributed by atoms with Crippen molar-refractivity contribution in [3.63, 3.8) is 0 Å². The minimum Gasteiger partial charge on any atom is -0.833 e. The second kappa shape index (κ2) is 7.26. The molecule has 2 aliphatic rings. The zero-order valence-corrected chi connectivity index (χ0v) is 17.4. The summed E-state index contributed by atoms with van der Waals surface area (Å²) in [5, 5.41) is 22.3. The third-order valence-electron chi connectivity index (χ3n) is 5.74. The van der Waals surface area contributed by atoms with Gasteiger partial charge in [0.05, 0.1) is 5.57 Å². The van der Waals surface area contributed by atoms with Crippen LogP contribution in [-0.4, -0.2) is 43.1 Å². The summed E-state index contributed by atoms with van der Waals surface area (Å²) >= 11 is 0. The molecular weight excluding hydrogens is 364 g/mol. The van der Waals surface area contributed by atoms with Crippen molar-refractivity contribution >= 4 is 11.6 Å². The van der Waals surface area contributed by atoms with E-state index in [1.54, 1.807) is 26.2 Å². The highest BCUT2D eigenvalue weighted by atomic mass is 16.3. The van der Waals surface area contributed by atoms with E-state index in [0.29, 0.717) is 11.4 Å². The number of allylic oxidation sites excluding steroid dienone is 5. The average molecular weight is 389 g/mol. The third-order valence-corrected chi connectivity index (χ3v) is 5.74. The van der Waals surface area contributed by atoms with E-state index in [4.69, 9.17) is 0 Å². The molecule has 0 aliphatic carbocycles. The molecule has 0 N–H and O–H groups in total. The van der Waals surface area contributed by atoms with Gasteiger partial charge in [-0.1, -0.05) is 50.8 Å². The van der Waals surface area contributed by atoms with Crippen LogP contribution in [0.2, 0.25) is 0 Å². The SMILES string of the molecule is C=C1N(C)C(=O)\C(=C/C=C/C(C#N)=C2/N(C)c3ccccc3C2(C)C)C([O-])N1C. The van der Waals surface area contributed by atoms with Crippen molar-refractivity contribution in [3.05, 3.63) is 77.3 Å². The van der Waals surface area contributed by atoms with Crippen LogP contribution in [0.3, 0.4) is 0 Å². The molecule has 0 aromatic heterocycles. The molecule has 1 amide bonds. The summed E-state index contributed by atoms with van der Waals surface area (Å²) in [6, 6.07) is 10.3. The Bertz CT molecular complexity index is 1010. The van der Waals surface area contributed by atoms with Crippen LogP contribution in [0, 0.1) is 11.3 Å². The maximum Gasteiger partial charge on any atom is 0.255 e. The standard InChI is InChI=1S/C23H25N4O2/c1-15-25(4)21(28)17(22(29)26(15)5)11-9-10-16(14-24)20-23(2,3)18-12-7-8-13-19(18)27(20)6/h7-13,21H,1H2,2-6H3/q-1/b10-9+,17-11-,20-16-. The Hall–Kier alpha value is -3.30. The van der Waals surface area contributed by atoms with Crippen LogP contribution in [0.4, 0.5) is 5.69 Å². The fourth-order valence-electron chi connectivity index (χ4n) is 4.05. The first-order valence-corrected chi connectivity index (χ1v) is 9.34. The van der Waals surface area contributed by atoms with Crippen LogP contribution in [0.25, 0.3) is 0 Å². The van der Waals surface area contributed by atoms with E-state index in [0.717, 1.165) is 16.9 Å². The first-order chi connectivity index (χ1) is 13.6. The maximum atomic E-state index is 12.5.